The van der Waals surface area contributed by atoms with Crippen LogP contribution in [0.3, 0.4) is 0 Å². The highest BCUT2D eigenvalue weighted by Crippen LogP contribution is 2.17. The van der Waals surface area contributed by atoms with Gasteiger partial charge in [0.2, 0.25) is 0 Å². The number of Topliss-reactive ketones (excluding diaryl/α,β-unsaturated/α-hetero) is 2. The molecule has 1 aromatic carbocycles. The van der Waals surface area contributed by atoms with E-state index in [2.05, 4.69) is 6.58 Å². The molecule has 21 heavy (non-hydrogen) atoms. The first kappa shape index (κ1) is 17.3. The van der Waals surface area contributed by atoms with Crippen molar-refractivity contribution in [2.45, 2.75) is 43.8 Å². The topological polar surface area (TPSA) is 68.3 Å². The summed E-state index contributed by atoms with van der Waals surface area (Å²) in [5.41, 5.74) is 1.05. The number of hydrogen-bond acceptors (Lipinski definition) is 4. The minimum atomic E-state index is -3.30. The van der Waals surface area contributed by atoms with Crippen LogP contribution in [0.5, 0.6) is 0 Å². The predicted molar refractivity (Wildman–Crippen MR) is 81.9 cm³/mol. The fraction of sp³-hybridized carbons (Fsp3) is 0.375. The van der Waals surface area contributed by atoms with E-state index in [9.17, 15) is 18.0 Å². The summed E-state index contributed by atoms with van der Waals surface area (Å²) in [6.45, 7) is 8.31. The Morgan fingerprint density at radius 3 is 2.10 bits per heavy atom. The third kappa shape index (κ3) is 4.63. The van der Waals surface area contributed by atoms with Crippen LogP contribution < -0.4 is 0 Å². The first-order chi connectivity index (χ1) is 9.64. The zero-order chi connectivity index (χ0) is 16.2. The molecule has 0 amide bonds. The highest BCUT2D eigenvalue weighted by Gasteiger charge is 2.19. The van der Waals surface area contributed by atoms with Gasteiger partial charge in [-0.1, -0.05) is 18.7 Å². The Morgan fingerprint density at radius 2 is 1.67 bits per heavy atom. The van der Waals surface area contributed by atoms with Crippen molar-refractivity contribution >= 4 is 21.4 Å². The SMILES string of the molecule is C=C(C)C(=O)CC(=O)Cc1ccc(S(=O)(=O)C(C)C)cc1. The summed E-state index contributed by atoms with van der Waals surface area (Å²) in [6, 6.07) is 6.22. The second-order valence-corrected chi connectivity index (χ2v) is 7.84. The fourth-order valence-electron chi connectivity index (χ4n) is 1.69. The number of carbonyl (C=O) groups excluding carboxylic acids is 2. The van der Waals surface area contributed by atoms with Crippen molar-refractivity contribution in [1.29, 1.82) is 0 Å². The highest BCUT2D eigenvalue weighted by molar-refractivity contribution is 7.92. The van der Waals surface area contributed by atoms with Crippen LogP contribution >= 0.6 is 0 Å². The van der Waals surface area contributed by atoms with Crippen molar-refractivity contribution in [1.82, 2.24) is 0 Å². The highest BCUT2D eigenvalue weighted by atomic mass is 32.2. The fourth-order valence-corrected chi connectivity index (χ4v) is 2.75. The molecule has 1 aromatic rings. The van der Waals surface area contributed by atoms with Crippen LogP contribution in [-0.2, 0) is 25.8 Å². The molecule has 0 heterocycles. The largest absolute Gasteiger partial charge is 0.299 e. The molecule has 0 radical (unpaired) electrons. The lowest BCUT2D eigenvalue weighted by Gasteiger charge is -2.08. The number of ketones is 2. The van der Waals surface area contributed by atoms with Gasteiger partial charge in [-0.25, -0.2) is 8.42 Å². The summed E-state index contributed by atoms with van der Waals surface area (Å²) < 4.78 is 23.9. The van der Waals surface area contributed by atoms with Crippen LogP contribution in [0, 0.1) is 0 Å². The van der Waals surface area contributed by atoms with Crippen LogP contribution in [0.1, 0.15) is 32.8 Å². The molecule has 114 valence electrons. The maximum absolute atomic E-state index is 12.0. The zero-order valence-electron chi connectivity index (χ0n) is 12.5. The molecule has 0 N–H and O–H groups in total. The van der Waals surface area contributed by atoms with Crippen LogP contribution in [0.2, 0.25) is 0 Å². The number of benzene rings is 1. The van der Waals surface area contributed by atoms with Crippen LogP contribution in [0.25, 0.3) is 0 Å². The Morgan fingerprint density at radius 1 is 1.14 bits per heavy atom. The first-order valence-electron chi connectivity index (χ1n) is 6.68. The van der Waals surface area contributed by atoms with E-state index in [0.717, 1.165) is 0 Å². The molecule has 0 atom stereocenters. The van der Waals surface area contributed by atoms with Gasteiger partial charge in [0.25, 0.3) is 0 Å². The smallest absolute Gasteiger partial charge is 0.180 e. The van der Waals surface area contributed by atoms with E-state index >= 15 is 0 Å². The summed E-state index contributed by atoms with van der Waals surface area (Å²) in [5.74, 6) is -0.471. The second-order valence-electron chi connectivity index (χ2n) is 5.33. The summed E-state index contributed by atoms with van der Waals surface area (Å²) in [6.07, 6.45) is -0.0532. The van der Waals surface area contributed by atoms with Crippen LogP contribution in [0.4, 0.5) is 0 Å². The molecule has 0 aliphatic rings. The first-order valence-corrected chi connectivity index (χ1v) is 8.22. The van der Waals surface area contributed by atoms with E-state index in [-0.39, 0.29) is 29.3 Å². The van der Waals surface area contributed by atoms with Crippen molar-refractivity contribution < 1.29 is 18.0 Å². The van der Waals surface area contributed by atoms with Gasteiger partial charge in [0, 0.05) is 6.42 Å². The van der Waals surface area contributed by atoms with E-state index in [1.54, 1.807) is 32.9 Å². The summed E-state index contributed by atoms with van der Waals surface area (Å²) in [5, 5.41) is -0.488. The Bertz CT molecular complexity index is 652. The molecule has 0 aromatic heterocycles. The standard InChI is InChI=1S/C16H20O4S/c1-11(2)16(18)10-14(17)9-13-5-7-15(8-6-13)21(19,20)12(3)4/h5-8,12H,1,9-10H2,2-4H3. The van der Waals surface area contributed by atoms with E-state index in [1.807, 2.05) is 0 Å². The third-order valence-electron chi connectivity index (χ3n) is 3.11. The lowest BCUT2D eigenvalue weighted by molar-refractivity contribution is -0.124. The zero-order valence-corrected chi connectivity index (χ0v) is 13.4. The Hall–Kier alpha value is -1.75. The average molecular weight is 308 g/mol. The van der Waals surface area contributed by atoms with Crippen molar-refractivity contribution in [3.63, 3.8) is 0 Å². The minimum absolute atomic E-state index is 0.112. The molecular formula is C16H20O4S. The molecule has 0 saturated carbocycles. The number of hydrogen-bond donors (Lipinski definition) is 0. The molecule has 4 nitrogen and oxygen atoms in total. The predicted octanol–water partition coefficient (Wildman–Crippen LogP) is 2.52. The maximum Gasteiger partial charge on any atom is 0.180 e. The van der Waals surface area contributed by atoms with Gasteiger partial charge in [0.05, 0.1) is 16.6 Å². The van der Waals surface area contributed by atoms with Crippen molar-refractivity contribution in [3.05, 3.63) is 42.0 Å². The quantitative estimate of drug-likeness (QED) is 0.573. The molecule has 0 aliphatic heterocycles. The number of allylic oxidation sites excluding steroid dienone is 1. The lowest BCUT2D eigenvalue weighted by Crippen LogP contribution is -2.14. The van der Waals surface area contributed by atoms with E-state index < -0.39 is 15.1 Å². The summed E-state index contributed by atoms with van der Waals surface area (Å²) >= 11 is 0. The van der Waals surface area contributed by atoms with Gasteiger partial charge in [-0.2, -0.15) is 0 Å². The monoisotopic (exact) mass is 308 g/mol. The van der Waals surface area contributed by atoms with Gasteiger partial charge in [0.1, 0.15) is 5.78 Å². The molecule has 0 fully saturated rings. The average Bonchev–Trinajstić information content (AvgIpc) is 2.38. The van der Waals surface area contributed by atoms with Gasteiger partial charge in [0.15, 0.2) is 15.6 Å². The molecule has 5 heteroatoms. The number of rotatable bonds is 7. The molecular weight excluding hydrogens is 288 g/mol. The molecule has 0 saturated heterocycles. The molecule has 1 rings (SSSR count). The van der Waals surface area contributed by atoms with E-state index in [0.29, 0.717) is 11.1 Å². The third-order valence-corrected chi connectivity index (χ3v) is 5.28. The Kier molecular flexibility index (Phi) is 5.61. The second kappa shape index (κ2) is 6.80. The minimum Gasteiger partial charge on any atom is -0.299 e. The van der Waals surface area contributed by atoms with Gasteiger partial charge >= 0.3 is 0 Å². The van der Waals surface area contributed by atoms with E-state index in [1.165, 1.54) is 12.1 Å². The van der Waals surface area contributed by atoms with Gasteiger partial charge < -0.3 is 0 Å². The number of carbonyl (C=O) groups is 2. The van der Waals surface area contributed by atoms with Crippen molar-refractivity contribution in [2.75, 3.05) is 0 Å². The number of sulfone groups is 1. The Labute approximate surface area is 125 Å². The van der Waals surface area contributed by atoms with Crippen LogP contribution in [0.15, 0.2) is 41.3 Å². The maximum atomic E-state index is 12.0. The molecule has 0 spiro atoms. The lowest BCUT2D eigenvalue weighted by atomic mass is 10.0. The van der Waals surface area contributed by atoms with Gasteiger partial charge in [-0.05, 0) is 44.0 Å². The van der Waals surface area contributed by atoms with Crippen molar-refractivity contribution in [3.8, 4) is 0 Å². The van der Waals surface area contributed by atoms with Gasteiger partial charge in [-0.15, -0.1) is 0 Å². The van der Waals surface area contributed by atoms with Gasteiger partial charge in [-0.3, -0.25) is 9.59 Å². The summed E-state index contributed by atoms with van der Waals surface area (Å²) in [4.78, 5) is 23.4. The molecule has 0 aliphatic carbocycles. The summed E-state index contributed by atoms with van der Waals surface area (Å²) in [7, 11) is -3.30. The normalized spacial score (nSPS) is 11.4. The Balaban J connectivity index is 2.78. The van der Waals surface area contributed by atoms with Crippen LogP contribution in [-0.4, -0.2) is 25.2 Å². The molecule has 0 bridgehead atoms. The molecule has 0 unspecified atom stereocenters. The van der Waals surface area contributed by atoms with Crippen molar-refractivity contribution in [2.24, 2.45) is 0 Å². The van der Waals surface area contributed by atoms with E-state index in [4.69, 9.17) is 0 Å².